The molecular formula is C15H22BrN. The Labute approximate surface area is 113 Å². The first-order valence-corrected chi connectivity index (χ1v) is 7.56. The lowest BCUT2D eigenvalue weighted by molar-refractivity contribution is 0.414. The van der Waals surface area contributed by atoms with Crippen molar-refractivity contribution in [3.8, 4) is 0 Å². The third-order valence-corrected chi connectivity index (χ3v) is 4.18. The van der Waals surface area contributed by atoms with Gasteiger partial charge in [-0.15, -0.1) is 0 Å². The maximum atomic E-state index is 3.78. The van der Waals surface area contributed by atoms with E-state index in [9.17, 15) is 0 Å². The van der Waals surface area contributed by atoms with Gasteiger partial charge in [0, 0.05) is 16.6 Å². The van der Waals surface area contributed by atoms with Crippen LogP contribution in [0.4, 0.5) is 0 Å². The van der Waals surface area contributed by atoms with Crippen LogP contribution < -0.4 is 5.32 Å². The summed E-state index contributed by atoms with van der Waals surface area (Å²) in [4.78, 5) is 0. The van der Waals surface area contributed by atoms with Crippen molar-refractivity contribution in [2.24, 2.45) is 0 Å². The number of rotatable bonds is 3. The van der Waals surface area contributed by atoms with Gasteiger partial charge in [0.05, 0.1) is 0 Å². The molecule has 1 aromatic carbocycles. The minimum atomic E-state index is 0.454. The van der Waals surface area contributed by atoms with Crippen molar-refractivity contribution in [1.29, 1.82) is 0 Å². The molecule has 2 heteroatoms. The Morgan fingerprint density at radius 2 is 1.88 bits per heavy atom. The number of hydrogen-bond acceptors (Lipinski definition) is 1. The molecule has 17 heavy (non-hydrogen) atoms. The quantitative estimate of drug-likeness (QED) is 0.788. The van der Waals surface area contributed by atoms with E-state index in [1.54, 1.807) is 0 Å². The summed E-state index contributed by atoms with van der Waals surface area (Å²) in [6.45, 7) is 2.27. The zero-order valence-corrected chi connectivity index (χ0v) is 12.2. The van der Waals surface area contributed by atoms with Crippen LogP contribution >= 0.6 is 15.9 Å². The van der Waals surface area contributed by atoms with Crippen molar-refractivity contribution in [1.82, 2.24) is 5.32 Å². The highest BCUT2D eigenvalue weighted by Crippen LogP contribution is 2.22. The molecule has 1 aliphatic rings. The summed E-state index contributed by atoms with van der Waals surface area (Å²) < 4.78 is 1.17. The van der Waals surface area contributed by atoms with Gasteiger partial charge in [0.25, 0.3) is 0 Å². The monoisotopic (exact) mass is 295 g/mol. The molecule has 1 atom stereocenters. The van der Waals surface area contributed by atoms with Gasteiger partial charge in [-0.05, 0) is 37.5 Å². The van der Waals surface area contributed by atoms with Crippen LogP contribution in [0.1, 0.15) is 57.1 Å². The first-order valence-electron chi connectivity index (χ1n) is 6.77. The molecule has 0 radical (unpaired) electrons. The Morgan fingerprint density at radius 1 is 1.18 bits per heavy atom. The van der Waals surface area contributed by atoms with E-state index in [1.165, 1.54) is 48.6 Å². The molecule has 2 rings (SSSR count). The lowest BCUT2D eigenvalue weighted by atomic mass is 10.0. The third-order valence-electron chi connectivity index (χ3n) is 3.69. The number of benzene rings is 1. The highest BCUT2D eigenvalue weighted by Gasteiger charge is 2.15. The van der Waals surface area contributed by atoms with Crippen LogP contribution in [0.3, 0.4) is 0 Å². The fourth-order valence-electron chi connectivity index (χ4n) is 2.67. The van der Waals surface area contributed by atoms with Crippen LogP contribution in [-0.4, -0.2) is 6.04 Å². The van der Waals surface area contributed by atoms with E-state index in [1.807, 2.05) is 0 Å². The molecular weight excluding hydrogens is 274 g/mol. The summed E-state index contributed by atoms with van der Waals surface area (Å²) in [7, 11) is 0. The average Bonchev–Trinajstić information content (AvgIpc) is 2.57. The van der Waals surface area contributed by atoms with Gasteiger partial charge < -0.3 is 5.32 Å². The fraction of sp³-hybridized carbons (Fsp3) is 0.600. The van der Waals surface area contributed by atoms with Gasteiger partial charge in [-0.2, -0.15) is 0 Å². The first kappa shape index (κ1) is 13.1. The van der Waals surface area contributed by atoms with E-state index < -0.39 is 0 Å². The third kappa shape index (κ3) is 4.11. The SMILES string of the molecule is C[C@H](NC1CCCCCC1)c1cccc(Br)c1. The second-order valence-electron chi connectivity index (χ2n) is 5.13. The lowest BCUT2D eigenvalue weighted by Gasteiger charge is -2.22. The smallest absolute Gasteiger partial charge is 0.0294 e. The van der Waals surface area contributed by atoms with Crippen LogP contribution in [-0.2, 0) is 0 Å². The Hall–Kier alpha value is -0.340. The Balaban J connectivity index is 1.93. The van der Waals surface area contributed by atoms with Crippen molar-refractivity contribution in [2.75, 3.05) is 0 Å². The number of halogens is 1. The van der Waals surface area contributed by atoms with Gasteiger partial charge in [-0.1, -0.05) is 53.7 Å². The predicted molar refractivity (Wildman–Crippen MR) is 77.2 cm³/mol. The minimum Gasteiger partial charge on any atom is -0.307 e. The van der Waals surface area contributed by atoms with Gasteiger partial charge in [0.2, 0.25) is 0 Å². The Bertz CT molecular complexity index is 343. The van der Waals surface area contributed by atoms with Crippen molar-refractivity contribution < 1.29 is 0 Å². The van der Waals surface area contributed by atoms with E-state index >= 15 is 0 Å². The van der Waals surface area contributed by atoms with Gasteiger partial charge in [0.1, 0.15) is 0 Å². The molecule has 1 aliphatic carbocycles. The Kier molecular flexibility index (Phi) is 5.05. The van der Waals surface area contributed by atoms with Crippen molar-refractivity contribution in [2.45, 2.75) is 57.5 Å². The normalized spacial score (nSPS) is 19.9. The van der Waals surface area contributed by atoms with E-state index in [0.29, 0.717) is 12.1 Å². The molecule has 0 heterocycles. The van der Waals surface area contributed by atoms with Gasteiger partial charge >= 0.3 is 0 Å². The van der Waals surface area contributed by atoms with Crippen molar-refractivity contribution in [3.63, 3.8) is 0 Å². The molecule has 0 unspecified atom stereocenters. The summed E-state index contributed by atoms with van der Waals surface area (Å²) in [6, 6.07) is 9.79. The fourth-order valence-corrected chi connectivity index (χ4v) is 3.09. The van der Waals surface area contributed by atoms with Crippen LogP contribution in [0.5, 0.6) is 0 Å². The van der Waals surface area contributed by atoms with E-state index in [0.717, 1.165) is 0 Å². The highest BCUT2D eigenvalue weighted by atomic mass is 79.9. The topological polar surface area (TPSA) is 12.0 Å². The first-order chi connectivity index (χ1) is 8.25. The molecule has 1 N–H and O–H groups in total. The van der Waals surface area contributed by atoms with Crippen molar-refractivity contribution >= 4 is 15.9 Å². The predicted octanol–water partition coefficient (Wildman–Crippen LogP) is 4.82. The second-order valence-corrected chi connectivity index (χ2v) is 6.05. The minimum absolute atomic E-state index is 0.454. The summed E-state index contributed by atoms with van der Waals surface area (Å²) in [6.07, 6.45) is 8.31. The molecule has 1 aromatic rings. The molecule has 1 fully saturated rings. The number of nitrogens with one attached hydrogen (secondary N) is 1. The summed E-state index contributed by atoms with van der Waals surface area (Å²) >= 11 is 3.54. The highest BCUT2D eigenvalue weighted by molar-refractivity contribution is 9.10. The second kappa shape index (κ2) is 6.55. The van der Waals surface area contributed by atoms with E-state index in [-0.39, 0.29) is 0 Å². The molecule has 0 bridgehead atoms. The molecule has 0 saturated heterocycles. The average molecular weight is 296 g/mol. The van der Waals surface area contributed by atoms with E-state index in [4.69, 9.17) is 0 Å². The summed E-state index contributed by atoms with van der Waals surface area (Å²) in [5.74, 6) is 0. The number of hydrogen-bond donors (Lipinski definition) is 1. The molecule has 1 saturated carbocycles. The molecule has 0 spiro atoms. The molecule has 94 valence electrons. The molecule has 0 amide bonds. The van der Waals surface area contributed by atoms with Crippen LogP contribution in [0.15, 0.2) is 28.7 Å². The standard InChI is InChI=1S/C15H22BrN/c1-12(13-7-6-8-14(16)11-13)17-15-9-4-2-3-5-10-15/h6-8,11-12,15,17H,2-5,9-10H2,1H3/t12-/m0/s1. The summed E-state index contributed by atoms with van der Waals surface area (Å²) in [5, 5.41) is 3.78. The van der Waals surface area contributed by atoms with Crippen LogP contribution in [0, 0.1) is 0 Å². The molecule has 0 aromatic heterocycles. The van der Waals surface area contributed by atoms with Gasteiger partial charge in [-0.25, -0.2) is 0 Å². The zero-order valence-electron chi connectivity index (χ0n) is 10.6. The lowest BCUT2D eigenvalue weighted by Crippen LogP contribution is -2.31. The van der Waals surface area contributed by atoms with Crippen molar-refractivity contribution in [3.05, 3.63) is 34.3 Å². The van der Waals surface area contributed by atoms with Gasteiger partial charge in [0.15, 0.2) is 0 Å². The summed E-state index contributed by atoms with van der Waals surface area (Å²) in [5.41, 5.74) is 1.38. The zero-order chi connectivity index (χ0) is 12.1. The van der Waals surface area contributed by atoms with Crippen LogP contribution in [0.2, 0.25) is 0 Å². The maximum Gasteiger partial charge on any atom is 0.0294 e. The molecule has 1 nitrogen and oxygen atoms in total. The van der Waals surface area contributed by atoms with Crippen LogP contribution in [0.25, 0.3) is 0 Å². The largest absolute Gasteiger partial charge is 0.307 e. The Morgan fingerprint density at radius 3 is 2.53 bits per heavy atom. The molecule has 0 aliphatic heterocycles. The maximum absolute atomic E-state index is 3.78. The van der Waals surface area contributed by atoms with Gasteiger partial charge in [-0.3, -0.25) is 0 Å². The van der Waals surface area contributed by atoms with E-state index in [2.05, 4.69) is 52.4 Å².